The fraction of sp³-hybridized carbons (Fsp3) is 0.375. The fourth-order valence-electron chi connectivity index (χ4n) is 1.24. The van der Waals surface area contributed by atoms with E-state index in [-0.39, 0.29) is 5.96 Å². The zero-order valence-corrected chi connectivity index (χ0v) is 8.60. The Morgan fingerprint density at radius 1 is 1.38 bits per heavy atom. The highest BCUT2D eigenvalue weighted by atomic mass is 16.2. The molecule has 1 aromatic rings. The SMILES string of the molecule is Cn1cnnc1CCN=C1NC(=O)C(=O)N1. The first-order valence-corrected chi connectivity index (χ1v) is 4.66. The van der Waals surface area contributed by atoms with Crippen LogP contribution in [0.2, 0.25) is 0 Å². The molecule has 0 saturated carbocycles. The quantitative estimate of drug-likeness (QED) is 0.575. The average Bonchev–Trinajstić information content (AvgIpc) is 2.76. The Hall–Kier alpha value is -2.25. The third-order valence-electron chi connectivity index (χ3n) is 2.08. The van der Waals surface area contributed by atoms with E-state index in [2.05, 4.69) is 25.8 Å². The van der Waals surface area contributed by atoms with Gasteiger partial charge in [0.25, 0.3) is 0 Å². The monoisotopic (exact) mass is 222 g/mol. The maximum absolute atomic E-state index is 10.8. The zero-order chi connectivity index (χ0) is 11.5. The molecule has 2 heterocycles. The second kappa shape index (κ2) is 4.09. The molecule has 0 aromatic carbocycles. The molecule has 1 fully saturated rings. The van der Waals surface area contributed by atoms with Crippen LogP contribution in [0.15, 0.2) is 11.3 Å². The third kappa shape index (κ3) is 2.05. The summed E-state index contributed by atoms with van der Waals surface area (Å²) in [5.41, 5.74) is 0. The Morgan fingerprint density at radius 2 is 2.06 bits per heavy atom. The first kappa shape index (κ1) is 10.3. The Bertz CT molecular complexity index is 445. The summed E-state index contributed by atoms with van der Waals surface area (Å²) >= 11 is 0. The van der Waals surface area contributed by atoms with Crippen LogP contribution in [-0.4, -0.2) is 39.1 Å². The average molecular weight is 222 g/mol. The standard InChI is InChI=1S/C8H10N6O2/c1-14-4-10-13-5(14)2-3-9-8-11-6(15)7(16)12-8/h4H,2-3H2,1H3,(H2,9,11,12,15,16). The lowest BCUT2D eigenvalue weighted by Gasteiger charge is -1.98. The topological polar surface area (TPSA) is 101 Å². The van der Waals surface area contributed by atoms with E-state index in [1.165, 1.54) is 0 Å². The van der Waals surface area contributed by atoms with Crippen molar-refractivity contribution in [1.29, 1.82) is 0 Å². The maximum Gasteiger partial charge on any atom is 0.316 e. The minimum absolute atomic E-state index is 0.192. The molecule has 0 atom stereocenters. The molecule has 2 N–H and O–H groups in total. The summed E-state index contributed by atoms with van der Waals surface area (Å²) in [5, 5.41) is 12.2. The van der Waals surface area contributed by atoms with Crippen molar-refractivity contribution in [2.75, 3.05) is 6.54 Å². The van der Waals surface area contributed by atoms with E-state index in [0.717, 1.165) is 5.82 Å². The number of aromatic nitrogens is 3. The number of guanidine groups is 1. The Balaban J connectivity index is 1.89. The van der Waals surface area contributed by atoms with E-state index in [4.69, 9.17) is 0 Å². The van der Waals surface area contributed by atoms with Gasteiger partial charge >= 0.3 is 11.8 Å². The number of amides is 2. The molecule has 1 saturated heterocycles. The summed E-state index contributed by atoms with van der Waals surface area (Å²) in [5.74, 6) is -0.382. The number of rotatable bonds is 3. The minimum atomic E-state index is -0.683. The molecular weight excluding hydrogens is 212 g/mol. The van der Waals surface area contributed by atoms with Crippen molar-refractivity contribution in [2.24, 2.45) is 12.0 Å². The van der Waals surface area contributed by atoms with Gasteiger partial charge in [-0.15, -0.1) is 10.2 Å². The van der Waals surface area contributed by atoms with Gasteiger partial charge < -0.3 is 4.57 Å². The highest BCUT2D eigenvalue weighted by Crippen LogP contribution is 1.93. The highest BCUT2D eigenvalue weighted by molar-refractivity contribution is 6.45. The van der Waals surface area contributed by atoms with Crippen LogP contribution in [-0.2, 0) is 23.1 Å². The molecule has 1 aliphatic heterocycles. The van der Waals surface area contributed by atoms with Crippen molar-refractivity contribution in [3.8, 4) is 0 Å². The number of nitrogens with zero attached hydrogens (tertiary/aromatic N) is 4. The van der Waals surface area contributed by atoms with Gasteiger partial charge in [0.05, 0.1) is 0 Å². The van der Waals surface area contributed by atoms with Gasteiger partial charge in [0, 0.05) is 20.0 Å². The van der Waals surface area contributed by atoms with Crippen LogP contribution in [0, 0.1) is 0 Å². The van der Waals surface area contributed by atoms with Crippen LogP contribution in [0.4, 0.5) is 0 Å². The molecule has 0 radical (unpaired) electrons. The smallest absolute Gasteiger partial charge is 0.316 e. The number of aryl methyl sites for hydroxylation is 1. The highest BCUT2D eigenvalue weighted by Gasteiger charge is 2.24. The molecule has 2 amide bonds. The molecule has 0 unspecified atom stereocenters. The minimum Gasteiger partial charge on any atom is -0.321 e. The molecule has 0 spiro atoms. The lowest BCUT2D eigenvalue weighted by molar-refractivity contribution is -0.135. The van der Waals surface area contributed by atoms with Gasteiger partial charge in [0.2, 0.25) is 5.96 Å². The van der Waals surface area contributed by atoms with Crippen LogP contribution in [0.3, 0.4) is 0 Å². The van der Waals surface area contributed by atoms with Crippen LogP contribution < -0.4 is 10.6 Å². The number of hydrogen-bond acceptors (Lipinski definition) is 5. The third-order valence-corrected chi connectivity index (χ3v) is 2.08. The number of hydrogen-bond donors (Lipinski definition) is 2. The van der Waals surface area contributed by atoms with Crippen molar-refractivity contribution in [3.63, 3.8) is 0 Å². The van der Waals surface area contributed by atoms with Crippen molar-refractivity contribution in [1.82, 2.24) is 25.4 Å². The van der Waals surface area contributed by atoms with Gasteiger partial charge in [0.1, 0.15) is 12.2 Å². The molecule has 16 heavy (non-hydrogen) atoms. The van der Waals surface area contributed by atoms with E-state index in [1.807, 2.05) is 7.05 Å². The van der Waals surface area contributed by atoms with Gasteiger partial charge in [-0.3, -0.25) is 25.2 Å². The number of aliphatic imine (C=N–C) groups is 1. The number of nitrogens with one attached hydrogen (secondary N) is 2. The van der Waals surface area contributed by atoms with Crippen LogP contribution in [0.5, 0.6) is 0 Å². The van der Waals surface area contributed by atoms with Crippen molar-refractivity contribution in [3.05, 3.63) is 12.2 Å². The number of carbonyl (C=O) groups excluding carboxylic acids is 2. The molecule has 2 rings (SSSR count). The summed E-state index contributed by atoms with van der Waals surface area (Å²) in [6.07, 6.45) is 2.19. The van der Waals surface area contributed by atoms with Gasteiger partial charge in [-0.05, 0) is 0 Å². The Kier molecular flexibility index (Phi) is 2.63. The Labute approximate surface area is 90.8 Å². The predicted octanol–water partition coefficient (Wildman–Crippen LogP) is -2.04. The van der Waals surface area contributed by atoms with Crippen molar-refractivity contribution < 1.29 is 9.59 Å². The first-order chi connectivity index (χ1) is 7.66. The van der Waals surface area contributed by atoms with E-state index in [1.54, 1.807) is 10.9 Å². The van der Waals surface area contributed by atoms with Gasteiger partial charge in [-0.1, -0.05) is 0 Å². The predicted molar refractivity (Wildman–Crippen MR) is 53.3 cm³/mol. The van der Waals surface area contributed by atoms with Gasteiger partial charge in [0.15, 0.2) is 0 Å². The molecule has 1 aromatic heterocycles. The van der Waals surface area contributed by atoms with Crippen molar-refractivity contribution in [2.45, 2.75) is 6.42 Å². The second-order valence-corrected chi connectivity index (χ2v) is 3.25. The molecule has 84 valence electrons. The molecular formula is C8H10N6O2. The number of carbonyl (C=O) groups is 2. The fourth-order valence-corrected chi connectivity index (χ4v) is 1.24. The van der Waals surface area contributed by atoms with Crippen molar-refractivity contribution >= 4 is 17.8 Å². The lowest BCUT2D eigenvalue weighted by Crippen LogP contribution is -2.26. The van der Waals surface area contributed by atoms with Crippen LogP contribution in [0.1, 0.15) is 5.82 Å². The van der Waals surface area contributed by atoms with E-state index >= 15 is 0 Å². The van der Waals surface area contributed by atoms with Crippen LogP contribution >= 0.6 is 0 Å². The largest absolute Gasteiger partial charge is 0.321 e. The normalized spacial score (nSPS) is 14.9. The Morgan fingerprint density at radius 3 is 2.62 bits per heavy atom. The molecule has 8 heteroatoms. The van der Waals surface area contributed by atoms with E-state index in [9.17, 15) is 9.59 Å². The molecule has 0 aliphatic carbocycles. The zero-order valence-electron chi connectivity index (χ0n) is 8.60. The molecule has 1 aliphatic rings. The summed E-state index contributed by atoms with van der Waals surface area (Å²) in [6.45, 7) is 0.419. The summed E-state index contributed by atoms with van der Waals surface area (Å²) in [4.78, 5) is 25.6. The molecule has 0 bridgehead atoms. The van der Waals surface area contributed by atoms with E-state index in [0.29, 0.717) is 13.0 Å². The second-order valence-electron chi connectivity index (χ2n) is 3.25. The van der Waals surface area contributed by atoms with Gasteiger partial charge in [-0.25, -0.2) is 0 Å². The summed E-state index contributed by atoms with van der Waals surface area (Å²) < 4.78 is 1.78. The lowest BCUT2D eigenvalue weighted by atomic mass is 10.4. The van der Waals surface area contributed by atoms with E-state index < -0.39 is 11.8 Å². The summed E-state index contributed by atoms with van der Waals surface area (Å²) in [6, 6.07) is 0. The maximum atomic E-state index is 10.8. The first-order valence-electron chi connectivity index (χ1n) is 4.66. The summed E-state index contributed by atoms with van der Waals surface area (Å²) in [7, 11) is 1.83. The molecule has 8 nitrogen and oxygen atoms in total. The van der Waals surface area contributed by atoms with Crippen LogP contribution in [0.25, 0.3) is 0 Å². The van der Waals surface area contributed by atoms with Gasteiger partial charge in [-0.2, -0.15) is 0 Å².